The van der Waals surface area contributed by atoms with E-state index in [2.05, 4.69) is 4.72 Å². The molecule has 9 nitrogen and oxygen atoms in total. The van der Waals surface area contributed by atoms with Crippen LogP contribution in [0.15, 0.2) is 29.2 Å². The molecule has 0 unspecified atom stereocenters. The molecule has 0 atom stereocenters. The predicted molar refractivity (Wildman–Crippen MR) is 90.8 cm³/mol. The van der Waals surface area contributed by atoms with Crippen LogP contribution in [0, 0.1) is 0 Å². The first-order chi connectivity index (χ1) is 10.8. The Bertz CT molecular complexity index is 861. The van der Waals surface area contributed by atoms with Gasteiger partial charge in [0.15, 0.2) is 0 Å². The van der Waals surface area contributed by atoms with Crippen LogP contribution in [0.25, 0.3) is 0 Å². The first-order valence-electron chi connectivity index (χ1n) is 6.80. The molecule has 0 saturated carbocycles. The van der Waals surface area contributed by atoms with E-state index in [9.17, 15) is 25.3 Å². The standard InChI is InChI=1S/C12H21N3O6S3/c1-22(16,17)14-8-10-15(23(2,18)19)9-7-11-3-5-12(6-4-11)24(13,20)21/h3-6,14H,7-10H2,1-2H3,(H2,13,20,21). The lowest BCUT2D eigenvalue weighted by Crippen LogP contribution is -2.38. The Morgan fingerprint density at radius 1 is 0.958 bits per heavy atom. The second-order valence-electron chi connectivity index (χ2n) is 5.27. The lowest BCUT2D eigenvalue weighted by Gasteiger charge is -2.20. The van der Waals surface area contributed by atoms with Crippen molar-refractivity contribution in [1.29, 1.82) is 0 Å². The molecule has 0 aliphatic carbocycles. The Morgan fingerprint density at radius 3 is 1.92 bits per heavy atom. The molecule has 138 valence electrons. The number of nitrogens with one attached hydrogen (secondary N) is 1. The summed E-state index contributed by atoms with van der Waals surface area (Å²) in [5.74, 6) is 0. The van der Waals surface area contributed by atoms with E-state index in [0.29, 0.717) is 6.42 Å². The smallest absolute Gasteiger partial charge is 0.225 e. The van der Waals surface area contributed by atoms with Gasteiger partial charge in [-0.15, -0.1) is 0 Å². The van der Waals surface area contributed by atoms with Crippen LogP contribution in [0.4, 0.5) is 0 Å². The second-order valence-corrected chi connectivity index (χ2v) is 10.6. The van der Waals surface area contributed by atoms with E-state index in [0.717, 1.165) is 22.4 Å². The molecule has 0 amide bonds. The lowest BCUT2D eigenvalue weighted by atomic mass is 10.1. The monoisotopic (exact) mass is 399 g/mol. The van der Waals surface area contributed by atoms with Crippen LogP contribution < -0.4 is 9.86 Å². The summed E-state index contributed by atoms with van der Waals surface area (Å²) in [6.07, 6.45) is 2.37. The minimum atomic E-state index is -3.77. The Labute approximate surface area is 143 Å². The molecular weight excluding hydrogens is 378 g/mol. The van der Waals surface area contributed by atoms with Crippen LogP contribution in [-0.4, -0.2) is 61.7 Å². The highest BCUT2D eigenvalue weighted by Crippen LogP contribution is 2.10. The second kappa shape index (κ2) is 7.89. The minimum Gasteiger partial charge on any atom is -0.225 e. The normalized spacial score (nSPS) is 13.3. The van der Waals surface area contributed by atoms with E-state index >= 15 is 0 Å². The van der Waals surface area contributed by atoms with Gasteiger partial charge in [-0.1, -0.05) is 12.1 Å². The summed E-state index contributed by atoms with van der Waals surface area (Å²) >= 11 is 0. The van der Waals surface area contributed by atoms with E-state index in [1.54, 1.807) is 12.1 Å². The molecule has 0 spiro atoms. The zero-order chi connectivity index (χ0) is 18.6. The average Bonchev–Trinajstić information content (AvgIpc) is 2.39. The predicted octanol–water partition coefficient (Wildman–Crippen LogP) is -1.31. The third-order valence-electron chi connectivity index (χ3n) is 3.10. The summed E-state index contributed by atoms with van der Waals surface area (Å²) in [4.78, 5) is -0.0245. The van der Waals surface area contributed by atoms with Gasteiger partial charge < -0.3 is 0 Å². The van der Waals surface area contributed by atoms with Crippen LogP contribution in [0.2, 0.25) is 0 Å². The van der Waals surface area contributed by atoms with Crippen molar-refractivity contribution < 1.29 is 25.3 Å². The summed E-state index contributed by atoms with van der Waals surface area (Å²) in [6, 6.07) is 5.80. The largest absolute Gasteiger partial charge is 0.238 e. The summed E-state index contributed by atoms with van der Waals surface area (Å²) in [6.45, 7) is 0.108. The van der Waals surface area contributed by atoms with Gasteiger partial charge in [-0.25, -0.2) is 39.4 Å². The van der Waals surface area contributed by atoms with Crippen molar-refractivity contribution >= 4 is 30.1 Å². The number of nitrogens with two attached hydrogens (primary N) is 1. The van der Waals surface area contributed by atoms with E-state index in [1.807, 2.05) is 0 Å². The van der Waals surface area contributed by atoms with Crippen molar-refractivity contribution in [3.8, 4) is 0 Å². The maximum Gasteiger partial charge on any atom is 0.238 e. The SMILES string of the molecule is CS(=O)(=O)NCCN(CCc1ccc(S(N)(=O)=O)cc1)S(C)(=O)=O. The van der Waals surface area contributed by atoms with E-state index in [4.69, 9.17) is 5.14 Å². The quantitative estimate of drug-likeness (QED) is 0.527. The summed E-state index contributed by atoms with van der Waals surface area (Å²) in [7, 11) is -10.7. The van der Waals surface area contributed by atoms with Crippen LogP contribution >= 0.6 is 0 Å². The van der Waals surface area contributed by atoms with Crippen LogP contribution in [0.1, 0.15) is 5.56 Å². The Morgan fingerprint density at radius 2 is 1.50 bits per heavy atom. The molecule has 12 heteroatoms. The van der Waals surface area contributed by atoms with Gasteiger partial charge in [-0.2, -0.15) is 0 Å². The van der Waals surface area contributed by atoms with Crippen molar-refractivity contribution in [1.82, 2.24) is 9.03 Å². The number of primary sulfonamides is 1. The van der Waals surface area contributed by atoms with Gasteiger partial charge in [0.2, 0.25) is 30.1 Å². The molecule has 0 radical (unpaired) electrons. The first kappa shape index (κ1) is 21.0. The molecule has 24 heavy (non-hydrogen) atoms. The van der Waals surface area contributed by atoms with Crippen LogP contribution in [-0.2, 0) is 36.5 Å². The van der Waals surface area contributed by atoms with Gasteiger partial charge in [0.05, 0.1) is 17.4 Å². The van der Waals surface area contributed by atoms with Gasteiger partial charge in [0, 0.05) is 19.6 Å². The van der Waals surface area contributed by atoms with E-state index in [1.165, 1.54) is 12.1 Å². The van der Waals surface area contributed by atoms with Crippen LogP contribution in [0.3, 0.4) is 0 Å². The maximum atomic E-state index is 11.7. The number of hydrogen-bond donors (Lipinski definition) is 2. The molecule has 0 saturated heterocycles. The molecule has 0 aliphatic rings. The molecule has 1 rings (SSSR count). The fourth-order valence-corrected chi connectivity index (χ4v) is 3.72. The van der Waals surface area contributed by atoms with Crippen molar-refractivity contribution in [2.75, 3.05) is 32.1 Å². The Hall–Kier alpha value is -1.05. The number of sulfonamides is 3. The van der Waals surface area contributed by atoms with Gasteiger partial charge in [0.1, 0.15) is 0 Å². The number of hydrogen-bond acceptors (Lipinski definition) is 6. The summed E-state index contributed by atoms with van der Waals surface area (Å²) in [5, 5.41) is 5.00. The molecule has 0 heterocycles. The summed E-state index contributed by atoms with van der Waals surface area (Å²) in [5.41, 5.74) is 0.729. The fraction of sp³-hybridized carbons (Fsp3) is 0.500. The molecule has 0 aliphatic heterocycles. The fourth-order valence-electron chi connectivity index (χ4n) is 1.90. The molecule has 3 N–H and O–H groups in total. The van der Waals surface area contributed by atoms with Crippen molar-refractivity contribution in [2.24, 2.45) is 5.14 Å². The number of benzene rings is 1. The Balaban J connectivity index is 2.72. The summed E-state index contributed by atoms with van der Waals surface area (Å²) < 4.78 is 71.3. The molecule has 0 bridgehead atoms. The number of rotatable bonds is 9. The van der Waals surface area contributed by atoms with Gasteiger partial charge in [-0.3, -0.25) is 0 Å². The van der Waals surface area contributed by atoms with Gasteiger partial charge >= 0.3 is 0 Å². The van der Waals surface area contributed by atoms with Crippen molar-refractivity contribution in [2.45, 2.75) is 11.3 Å². The van der Waals surface area contributed by atoms with Crippen LogP contribution in [0.5, 0.6) is 0 Å². The highest BCUT2D eigenvalue weighted by Gasteiger charge is 2.17. The van der Waals surface area contributed by atoms with E-state index in [-0.39, 0.29) is 24.5 Å². The minimum absolute atomic E-state index is 0.00116. The van der Waals surface area contributed by atoms with E-state index < -0.39 is 30.1 Å². The Kier molecular flexibility index (Phi) is 6.90. The van der Waals surface area contributed by atoms with Crippen molar-refractivity contribution in [3.63, 3.8) is 0 Å². The molecule has 1 aromatic carbocycles. The highest BCUT2D eigenvalue weighted by molar-refractivity contribution is 7.89. The lowest BCUT2D eigenvalue weighted by molar-refractivity contribution is 0.420. The molecular formula is C12H21N3O6S3. The highest BCUT2D eigenvalue weighted by atomic mass is 32.2. The number of nitrogens with zero attached hydrogens (tertiary/aromatic N) is 1. The third-order valence-corrected chi connectivity index (χ3v) is 6.06. The van der Waals surface area contributed by atoms with Crippen molar-refractivity contribution in [3.05, 3.63) is 29.8 Å². The average molecular weight is 400 g/mol. The molecule has 1 aromatic rings. The topological polar surface area (TPSA) is 144 Å². The third kappa shape index (κ3) is 7.68. The zero-order valence-corrected chi connectivity index (χ0v) is 15.8. The maximum absolute atomic E-state index is 11.7. The molecule has 0 fully saturated rings. The van der Waals surface area contributed by atoms with Gasteiger partial charge in [-0.05, 0) is 24.1 Å². The zero-order valence-electron chi connectivity index (χ0n) is 13.3. The molecule has 0 aromatic heterocycles. The van der Waals surface area contributed by atoms with Gasteiger partial charge in [0.25, 0.3) is 0 Å². The first-order valence-corrected chi connectivity index (χ1v) is 12.1.